The van der Waals surface area contributed by atoms with Gasteiger partial charge in [0.1, 0.15) is 24.3 Å². The zero-order valence-electron chi connectivity index (χ0n) is 17.3. The highest BCUT2D eigenvalue weighted by atomic mass is 127. The van der Waals surface area contributed by atoms with Crippen molar-refractivity contribution in [2.24, 2.45) is 4.99 Å². The van der Waals surface area contributed by atoms with Crippen molar-refractivity contribution in [1.82, 2.24) is 10.6 Å². The molecule has 2 aromatic rings. The zero-order valence-corrected chi connectivity index (χ0v) is 19.6. The molecule has 168 valence electrons. The summed E-state index contributed by atoms with van der Waals surface area (Å²) in [5, 5.41) is 19.4. The minimum Gasteiger partial charge on any atom is -0.491 e. The van der Waals surface area contributed by atoms with Gasteiger partial charge in [0.25, 0.3) is 0 Å². The van der Waals surface area contributed by atoms with Crippen LogP contribution in [-0.2, 0) is 4.79 Å². The number of ether oxygens (including phenoxy) is 1. The number of hydrogen-bond acceptors (Lipinski definition) is 4. The van der Waals surface area contributed by atoms with E-state index in [1.165, 1.54) is 24.3 Å². The Labute approximate surface area is 198 Å². The van der Waals surface area contributed by atoms with Gasteiger partial charge in [-0.05, 0) is 42.8 Å². The number of hydrogen-bond donors (Lipinski definition) is 4. The van der Waals surface area contributed by atoms with E-state index in [2.05, 4.69) is 20.9 Å². The summed E-state index contributed by atoms with van der Waals surface area (Å²) in [4.78, 5) is 16.4. The predicted molar refractivity (Wildman–Crippen MR) is 130 cm³/mol. The number of fused-ring (bicyclic) bond motifs is 1. The van der Waals surface area contributed by atoms with Gasteiger partial charge in [0.15, 0.2) is 5.96 Å². The first-order valence-corrected chi connectivity index (χ1v) is 10.0. The van der Waals surface area contributed by atoms with Gasteiger partial charge in [-0.2, -0.15) is 0 Å². The van der Waals surface area contributed by atoms with E-state index in [9.17, 15) is 14.3 Å². The lowest BCUT2D eigenvalue weighted by molar-refractivity contribution is -0.116. The Balaban J connectivity index is 0.00000341. The second-order valence-corrected chi connectivity index (χ2v) is 7.06. The predicted octanol–water partition coefficient (Wildman–Crippen LogP) is 2.86. The Bertz CT molecular complexity index is 879. The number of halogens is 2. The number of carbonyl (C=O) groups excluding carboxylic acids is 1. The molecule has 0 saturated heterocycles. The number of aliphatic hydroxyl groups is 1. The molecule has 1 heterocycles. The summed E-state index contributed by atoms with van der Waals surface area (Å²) in [7, 11) is 0. The molecule has 0 fully saturated rings. The second kappa shape index (κ2) is 12.5. The monoisotopic (exact) mass is 542 g/mol. The minimum absolute atomic E-state index is 0. The van der Waals surface area contributed by atoms with E-state index in [0.717, 1.165) is 11.3 Å². The average Bonchev–Trinajstić information content (AvgIpc) is 2.75. The lowest BCUT2D eigenvalue weighted by Crippen LogP contribution is -2.41. The topological polar surface area (TPSA) is 95.0 Å². The molecular formula is C22H28FIN4O3. The molecule has 2 aromatic carbocycles. The first-order valence-electron chi connectivity index (χ1n) is 10.0. The molecular weight excluding hydrogens is 514 g/mol. The van der Waals surface area contributed by atoms with Crippen LogP contribution in [0.4, 0.5) is 10.1 Å². The number of aliphatic imine (C=N–C) groups is 1. The largest absolute Gasteiger partial charge is 0.491 e. The second-order valence-electron chi connectivity index (χ2n) is 7.06. The maximum Gasteiger partial charge on any atom is 0.225 e. The van der Waals surface area contributed by atoms with Crippen molar-refractivity contribution in [3.8, 4) is 5.75 Å². The van der Waals surface area contributed by atoms with Crippen LogP contribution in [0.1, 0.15) is 24.8 Å². The molecule has 0 aromatic heterocycles. The lowest BCUT2D eigenvalue weighted by atomic mass is 9.90. The third-order valence-electron chi connectivity index (χ3n) is 4.68. The van der Waals surface area contributed by atoms with Gasteiger partial charge in [-0.3, -0.25) is 9.79 Å². The molecule has 3 rings (SSSR count). The van der Waals surface area contributed by atoms with Gasteiger partial charge >= 0.3 is 0 Å². The number of para-hydroxylation sites is 1. The van der Waals surface area contributed by atoms with Gasteiger partial charge < -0.3 is 25.8 Å². The summed E-state index contributed by atoms with van der Waals surface area (Å²) in [5.74, 6) is 0.730. The summed E-state index contributed by atoms with van der Waals surface area (Å²) in [6.07, 6.45) is -0.413. The molecule has 0 spiro atoms. The molecule has 1 amide bonds. The molecule has 4 N–H and O–H groups in total. The fraction of sp³-hybridized carbons (Fsp3) is 0.364. The number of benzene rings is 2. The Morgan fingerprint density at radius 2 is 2.00 bits per heavy atom. The molecule has 9 heteroatoms. The van der Waals surface area contributed by atoms with Crippen LogP contribution >= 0.6 is 24.0 Å². The van der Waals surface area contributed by atoms with Crippen LogP contribution in [0.2, 0.25) is 0 Å². The van der Waals surface area contributed by atoms with Gasteiger partial charge in [0.05, 0.1) is 6.54 Å². The van der Waals surface area contributed by atoms with Crippen molar-refractivity contribution < 1.29 is 19.0 Å². The number of nitrogens with one attached hydrogen (secondary N) is 3. The highest BCUT2D eigenvalue weighted by molar-refractivity contribution is 14.0. The molecule has 2 atom stereocenters. The number of rotatable bonds is 8. The maximum atomic E-state index is 12.9. The van der Waals surface area contributed by atoms with E-state index in [-0.39, 0.29) is 54.8 Å². The van der Waals surface area contributed by atoms with Crippen LogP contribution in [0.3, 0.4) is 0 Å². The molecule has 2 unspecified atom stereocenters. The number of carbonyl (C=O) groups is 1. The highest BCUT2D eigenvalue weighted by Gasteiger charge is 2.24. The summed E-state index contributed by atoms with van der Waals surface area (Å²) in [6.45, 7) is 3.34. The van der Waals surface area contributed by atoms with Crippen molar-refractivity contribution in [2.45, 2.75) is 25.4 Å². The normalized spacial score (nSPS) is 16.4. The van der Waals surface area contributed by atoms with E-state index in [0.29, 0.717) is 31.2 Å². The molecule has 7 nitrogen and oxygen atoms in total. The average molecular weight is 542 g/mol. The Kier molecular flexibility index (Phi) is 9.99. The van der Waals surface area contributed by atoms with Crippen LogP contribution in [0.15, 0.2) is 53.5 Å². The quantitative estimate of drug-likeness (QED) is 0.234. The van der Waals surface area contributed by atoms with E-state index >= 15 is 0 Å². The molecule has 1 aliphatic rings. The minimum atomic E-state index is -0.813. The number of anilines is 1. The molecule has 0 aliphatic carbocycles. The number of guanidine groups is 1. The molecule has 0 bridgehead atoms. The van der Waals surface area contributed by atoms with Gasteiger partial charge in [-0.15, -0.1) is 24.0 Å². The fourth-order valence-corrected chi connectivity index (χ4v) is 3.22. The molecule has 31 heavy (non-hydrogen) atoms. The number of amides is 1. The zero-order chi connectivity index (χ0) is 21.3. The SMILES string of the molecule is CCNC(=NCC(O)COc1ccc(F)cc1)NCC1CC(=O)Nc2ccccc21.I. The fourth-order valence-electron chi connectivity index (χ4n) is 3.22. The standard InChI is InChI=1S/C22H27FN4O3.HI/c1-2-24-22(26-13-17(28)14-30-18-9-7-16(23)8-10-18)25-12-15-11-21(29)27-20-6-4-3-5-19(15)20;/h3-10,15,17,28H,2,11-14H2,1H3,(H,27,29)(H2,24,25,26);1H. The van der Waals surface area contributed by atoms with Crippen LogP contribution in [-0.4, -0.2) is 49.3 Å². The summed E-state index contributed by atoms with van der Waals surface area (Å²) in [6, 6.07) is 13.4. The van der Waals surface area contributed by atoms with Gasteiger partial charge in [-0.1, -0.05) is 18.2 Å². The summed E-state index contributed by atoms with van der Waals surface area (Å²) in [5.41, 5.74) is 1.93. The Morgan fingerprint density at radius 1 is 1.26 bits per heavy atom. The number of aliphatic hydroxyl groups excluding tert-OH is 1. The summed E-state index contributed by atoms with van der Waals surface area (Å²) < 4.78 is 18.4. The smallest absolute Gasteiger partial charge is 0.225 e. The van der Waals surface area contributed by atoms with E-state index in [4.69, 9.17) is 4.74 Å². The third kappa shape index (κ3) is 7.66. The van der Waals surface area contributed by atoms with Gasteiger partial charge in [-0.25, -0.2) is 4.39 Å². The highest BCUT2D eigenvalue weighted by Crippen LogP contribution is 2.31. The van der Waals surface area contributed by atoms with Crippen LogP contribution in [0.25, 0.3) is 0 Å². The lowest BCUT2D eigenvalue weighted by Gasteiger charge is -2.26. The van der Waals surface area contributed by atoms with E-state index in [1.54, 1.807) is 0 Å². The Morgan fingerprint density at radius 3 is 2.74 bits per heavy atom. The maximum absolute atomic E-state index is 12.9. The van der Waals surface area contributed by atoms with Crippen molar-refractivity contribution in [3.63, 3.8) is 0 Å². The molecule has 0 saturated carbocycles. The number of nitrogens with zero attached hydrogens (tertiary/aromatic N) is 1. The molecule has 1 aliphatic heterocycles. The van der Waals surface area contributed by atoms with E-state index < -0.39 is 6.10 Å². The van der Waals surface area contributed by atoms with Gasteiger partial charge in [0, 0.05) is 31.1 Å². The van der Waals surface area contributed by atoms with Crippen molar-refractivity contribution >= 4 is 41.5 Å². The van der Waals surface area contributed by atoms with Crippen LogP contribution in [0.5, 0.6) is 5.75 Å². The van der Waals surface area contributed by atoms with Gasteiger partial charge in [0.2, 0.25) is 5.91 Å². The van der Waals surface area contributed by atoms with Crippen molar-refractivity contribution in [2.75, 3.05) is 31.6 Å². The van der Waals surface area contributed by atoms with Crippen LogP contribution < -0.4 is 20.7 Å². The van der Waals surface area contributed by atoms with Crippen molar-refractivity contribution in [3.05, 3.63) is 59.9 Å². The van der Waals surface area contributed by atoms with Crippen LogP contribution in [0, 0.1) is 5.82 Å². The first kappa shape index (κ1) is 24.9. The van der Waals surface area contributed by atoms with Crippen molar-refractivity contribution in [1.29, 1.82) is 0 Å². The molecule has 0 radical (unpaired) electrons. The van der Waals surface area contributed by atoms with E-state index in [1.807, 2.05) is 31.2 Å². The third-order valence-corrected chi connectivity index (χ3v) is 4.68. The first-order chi connectivity index (χ1) is 14.5. The Hall–Kier alpha value is -2.40. The summed E-state index contributed by atoms with van der Waals surface area (Å²) >= 11 is 0.